The van der Waals surface area contributed by atoms with Crippen LogP contribution in [0.4, 0.5) is 0 Å². The molecule has 0 bridgehead atoms. The average molecular weight is 418 g/mol. The van der Waals surface area contributed by atoms with Gasteiger partial charge < -0.3 is 10.2 Å². The number of carbonyl (C=O) groups is 1. The van der Waals surface area contributed by atoms with Crippen molar-refractivity contribution in [3.63, 3.8) is 0 Å². The molecule has 6 nitrogen and oxygen atoms in total. The lowest BCUT2D eigenvalue weighted by molar-refractivity contribution is -0.132. The molecule has 0 spiro atoms. The molecule has 2 N–H and O–H groups in total. The zero-order valence-electron chi connectivity index (χ0n) is 16.6. The summed E-state index contributed by atoms with van der Waals surface area (Å²) in [6.45, 7) is 7.80. The zero-order valence-corrected chi connectivity index (χ0v) is 18.3. The lowest BCUT2D eigenvalue weighted by Gasteiger charge is -2.32. The molecule has 0 radical (unpaired) electrons. The topological polar surface area (TPSA) is 78.5 Å². The third-order valence-electron chi connectivity index (χ3n) is 4.84. The highest BCUT2D eigenvalue weighted by atomic mass is 35.5. The van der Waals surface area contributed by atoms with Crippen molar-refractivity contribution in [2.45, 2.75) is 56.4 Å². The van der Waals surface area contributed by atoms with E-state index in [0.717, 1.165) is 24.9 Å². The standard InChI is InChI=1S/C19H31N3O3S.ClH/c1-19(2,3)15-7-9-17(10-8-15)26(24,25)21-12-11-18(23)22-13-5-6-16(14-22)20-4;/h7-10,16,20-21H,5-6,11-14H2,1-4H3;1H. The second-order valence-corrected chi connectivity index (χ2v) is 9.66. The van der Waals surface area contributed by atoms with E-state index in [2.05, 4.69) is 30.8 Å². The third kappa shape index (κ3) is 6.75. The van der Waals surface area contributed by atoms with E-state index in [4.69, 9.17) is 0 Å². The van der Waals surface area contributed by atoms with Gasteiger partial charge in [0.2, 0.25) is 15.9 Å². The van der Waals surface area contributed by atoms with Gasteiger partial charge in [0, 0.05) is 32.1 Å². The summed E-state index contributed by atoms with van der Waals surface area (Å²) in [5.41, 5.74) is 1.05. The molecule has 0 aliphatic carbocycles. The predicted octanol–water partition coefficient (Wildman–Crippen LogP) is 2.28. The van der Waals surface area contributed by atoms with Gasteiger partial charge in [0.15, 0.2) is 0 Å². The van der Waals surface area contributed by atoms with E-state index in [0.29, 0.717) is 12.6 Å². The SMILES string of the molecule is CNC1CCCN(C(=O)CCNS(=O)(=O)c2ccc(C(C)(C)C)cc2)C1.Cl. The fourth-order valence-electron chi connectivity index (χ4n) is 3.11. The van der Waals surface area contributed by atoms with Crippen LogP contribution in [-0.2, 0) is 20.2 Å². The lowest BCUT2D eigenvalue weighted by Crippen LogP contribution is -2.47. The number of piperidine rings is 1. The fourth-order valence-corrected chi connectivity index (χ4v) is 4.14. The molecule has 27 heavy (non-hydrogen) atoms. The number of nitrogens with zero attached hydrogens (tertiary/aromatic N) is 1. The maximum Gasteiger partial charge on any atom is 0.240 e. The van der Waals surface area contributed by atoms with Gasteiger partial charge in [-0.1, -0.05) is 32.9 Å². The van der Waals surface area contributed by atoms with Crippen LogP contribution in [0.1, 0.15) is 45.6 Å². The lowest BCUT2D eigenvalue weighted by atomic mass is 9.87. The Balaban J connectivity index is 0.00000364. The number of nitrogens with one attached hydrogen (secondary N) is 2. The Morgan fingerprint density at radius 1 is 1.22 bits per heavy atom. The minimum absolute atomic E-state index is 0. The number of likely N-dealkylation sites (tertiary alicyclic amines) is 1. The molecule has 1 saturated heterocycles. The molecule has 8 heteroatoms. The van der Waals surface area contributed by atoms with E-state index in [-0.39, 0.29) is 41.6 Å². The Labute approximate surface area is 169 Å². The summed E-state index contributed by atoms with van der Waals surface area (Å²) in [7, 11) is -1.70. The maximum absolute atomic E-state index is 12.4. The normalized spacial score (nSPS) is 18.1. The van der Waals surface area contributed by atoms with Crippen LogP contribution in [0.25, 0.3) is 0 Å². The second kappa shape index (κ2) is 9.87. The first-order valence-electron chi connectivity index (χ1n) is 9.19. The fraction of sp³-hybridized carbons (Fsp3) is 0.632. The Kier molecular flexibility index (Phi) is 8.73. The van der Waals surface area contributed by atoms with Gasteiger partial charge in [0.25, 0.3) is 0 Å². The van der Waals surface area contributed by atoms with E-state index in [1.807, 2.05) is 24.1 Å². The van der Waals surface area contributed by atoms with Gasteiger partial charge in [-0.2, -0.15) is 0 Å². The summed E-state index contributed by atoms with van der Waals surface area (Å²) >= 11 is 0. The third-order valence-corrected chi connectivity index (χ3v) is 6.32. The van der Waals surface area contributed by atoms with Crippen molar-refractivity contribution in [2.24, 2.45) is 0 Å². The van der Waals surface area contributed by atoms with Crippen molar-refractivity contribution in [3.8, 4) is 0 Å². The summed E-state index contributed by atoms with van der Waals surface area (Å²) in [6.07, 6.45) is 2.22. The number of carbonyl (C=O) groups excluding carboxylic acids is 1. The average Bonchev–Trinajstić information content (AvgIpc) is 2.61. The van der Waals surface area contributed by atoms with Crippen LogP contribution in [0, 0.1) is 0 Å². The number of hydrogen-bond acceptors (Lipinski definition) is 4. The second-order valence-electron chi connectivity index (χ2n) is 7.89. The van der Waals surface area contributed by atoms with Gasteiger partial charge in [-0.05, 0) is 43.0 Å². The molecule has 1 aliphatic rings. The van der Waals surface area contributed by atoms with Crippen LogP contribution < -0.4 is 10.0 Å². The predicted molar refractivity (Wildman–Crippen MR) is 111 cm³/mol. The first-order valence-corrected chi connectivity index (χ1v) is 10.7. The minimum Gasteiger partial charge on any atom is -0.341 e. The van der Waals surface area contributed by atoms with Crippen LogP contribution in [-0.4, -0.2) is 51.9 Å². The molecule has 1 heterocycles. The molecule has 1 amide bonds. The number of benzene rings is 1. The Hall–Kier alpha value is -1.15. The van der Waals surface area contributed by atoms with E-state index in [9.17, 15) is 13.2 Å². The van der Waals surface area contributed by atoms with Crippen LogP contribution in [0.15, 0.2) is 29.2 Å². The first kappa shape index (κ1) is 23.9. The van der Waals surface area contributed by atoms with Crippen LogP contribution in [0.5, 0.6) is 0 Å². The summed E-state index contributed by atoms with van der Waals surface area (Å²) < 4.78 is 27.3. The molecule has 2 rings (SSSR count). The van der Waals surface area contributed by atoms with Gasteiger partial charge in [-0.3, -0.25) is 4.79 Å². The summed E-state index contributed by atoms with van der Waals surface area (Å²) in [6, 6.07) is 7.24. The number of rotatable bonds is 6. The van der Waals surface area contributed by atoms with Gasteiger partial charge >= 0.3 is 0 Å². The van der Waals surface area contributed by atoms with Crippen LogP contribution in [0.2, 0.25) is 0 Å². The molecule has 1 atom stereocenters. The summed E-state index contributed by atoms with van der Waals surface area (Å²) in [4.78, 5) is 14.3. The van der Waals surface area contributed by atoms with Crippen LogP contribution in [0.3, 0.4) is 0 Å². The Bertz CT molecular complexity index is 715. The highest BCUT2D eigenvalue weighted by Crippen LogP contribution is 2.23. The highest BCUT2D eigenvalue weighted by Gasteiger charge is 2.23. The quantitative estimate of drug-likeness (QED) is 0.744. The molecule has 154 valence electrons. The van der Waals surface area contributed by atoms with E-state index in [1.165, 1.54) is 0 Å². The molecule has 1 aliphatic heterocycles. The summed E-state index contributed by atoms with van der Waals surface area (Å²) in [5.74, 6) is -0.00395. The zero-order chi connectivity index (χ0) is 19.4. The number of likely N-dealkylation sites (N-methyl/N-ethyl adjacent to an activating group) is 1. The van der Waals surface area contributed by atoms with Crippen molar-refractivity contribution in [2.75, 3.05) is 26.7 Å². The molecule has 1 aromatic carbocycles. The van der Waals surface area contributed by atoms with Crippen LogP contribution >= 0.6 is 12.4 Å². The monoisotopic (exact) mass is 417 g/mol. The van der Waals surface area contributed by atoms with E-state index < -0.39 is 10.0 Å². The number of sulfonamides is 1. The summed E-state index contributed by atoms with van der Waals surface area (Å²) in [5, 5.41) is 3.20. The number of amides is 1. The van der Waals surface area contributed by atoms with Crippen molar-refractivity contribution in [1.29, 1.82) is 0 Å². The molecule has 1 aromatic rings. The Morgan fingerprint density at radius 3 is 2.41 bits per heavy atom. The van der Waals surface area contributed by atoms with E-state index >= 15 is 0 Å². The van der Waals surface area contributed by atoms with Gasteiger partial charge in [-0.15, -0.1) is 12.4 Å². The van der Waals surface area contributed by atoms with Gasteiger partial charge in [0.05, 0.1) is 4.90 Å². The smallest absolute Gasteiger partial charge is 0.240 e. The minimum atomic E-state index is -3.60. The molecule has 0 saturated carbocycles. The van der Waals surface area contributed by atoms with Crippen molar-refractivity contribution >= 4 is 28.3 Å². The number of hydrogen-bond donors (Lipinski definition) is 2. The molecule has 1 fully saturated rings. The van der Waals surface area contributed by atoms with Gasteiger partial charge in [-0.25, -0.2) is 13.1 Å². The van der Waals surface area contributed by atoms with Crippen molar-refractivity contribution < 1.29 is 13.2 Å². The van der Waals surface area contributed by atoms with Crippen molar-refractivity contribution in [3.05, 3.63) is 29.8 Å². The van der Waals surface area contributed by atoms with E-state index in [1.54, 1.807) is 12.1 Å². The molecular formula is C19H32ClN3O3S. The molecular weight excluding hydrogens is 386 g/mol. The molecule has 0 aromatic heterocycles. The highest BCUT2D eigenvalue weighted by molar-refractivity contribution is 7.89. The maximum atomic E-state index is 12.4. The van der Waals surface area contributed by atoms with Gasteiger partial charge in [0.1, 0.15) is 0 Å². The van der Waals surface area contributed by atoms with Crippen molar-refractivity contribution in [1.82, 2.24) is 14.9 Å². The first-order chi connectivity index (χ1) is 12.1. The largest absolute Gasteiger partial charge is 0.341 e. The Morgan fingerprint density at radius 2 is 1.85 bits per heavy atom. The molecule has 1 unspecified atom stereocenters. The number of halogens is 1.